The van der Waals surface area contributed by atoms with Gasteiger partial charge in [-0.3, -0.25) is 9.59 Å². The van der Waals surface area contributed by atoms with Crippen LogP contribution >= 0.6 is 0 Å². The third-order valence-electron chi connectivity index (χ3n) is 4.27. The molecule has 0 radical (unpaired) electrons. The maximum Gasteiger partial charge on any atom is 0.308 e. The predicted octanol–water partition coefficient (Wildman–Crippen LogP) is 2.63. The van der Waals surface area contributed by atoms with Gasteiger partial charge in [-0.15, -0.1) is 0 Å². The zero-order valence-electron chi connectivity index (χ0n) is 12.6. The molecule has 0 aromatic rings. The lowest BCUT2D eigenvalue weighted by atomic mass is 9.87. The van der Waals surface area contributed by atoms with Crippen molar-refractivity contribution in [1.82, 2.24) is 4.90 Å². The van der Waals surface area contributed by atoms with E-state index in [1.807, 2.05) is 6.92 Å². The fourth-order valence-corrected chi connectivity index (χ4v) is 2.94. The second kappa shape index (κ2) is 6.92. The van der Waals surface area contributed by atoms with Gasteiger partial charge in [0.25, 0.3) is 0 Å². The van der Waals surface area contributed by atoms with Crippen LogP contribution in [0.5, 0.6) is 0 Å². The minimum atomic E-state index is -0.778. The number of rotatable bonds is 5. The van der Waals surface area contributed by atoms with E-state index < -0.39 is 11.9 Å². The Morgan fingerprint density at radius 2 is 1.95 bits per heavy atom. The van der Waals surface area contributed by atoms with E-state index in [1.54, 1.807) is 4.90 Å². The number of hydrogen-bond donors (Lipinski definition) is 1. The summed E-state index contributed by atoms with van der Waals surface area (Å²) in [7, 11) is 0. The van der Waals surface area contributed by atoms with Gasteiger partial charge in [-0.25, -0.2) is 0 Å². The molecule has 1 N–H and O–H groups in total. The first-order chi connectivity index (χ1) is 8.85. The summed E-state index contributed by atoms with van der Waals surface area (Å²) in [6.07, 6.45) is 2.23. The topological polar surface area (TPSA) is 57.6 Å². The summed E-state index contributed by atoms with van der Waals surface area (Å²) in [5.74, 6) is 0.114. The van der Waals surface area contributed by atoms with Gasteiger partial charge in [0.15, 0.2) is 0 Å². The minimum Gasteiger partial charge on any atom is -0.481 e. The van der Waals surface area contributed by atoms with Gasteiger partial charge in [0.1, 0.15) is 0 Å². The first kappa shape index (κ1) is 16.0. The van der Waals surface area contributed by atoms with Crippen LogP contribution in [-0.4, -0.2) is 35.0 Å². The molecule has 0 aliphatic carbocycles. The number of amides is 1. The molecule has 3 atom stereocenters. The maximum atomic E-state index is 12.3. The Morgan fingerprint density at radius 1 is 1.32 bits per heavy atom. The number of hydrogen-bond acceptors (Lipinski definition) is 2. The molecule has 1 saturated heterocycles. The highest BCUT2D eigenvalue weighted by molar-refractivity contribution is 5.78. The molecule has 1 rings (SSSR count). The smallest absolute Gasteiger partial charge is 0.308 e. The number of carboxylic acids is 1. The van der Waals surface area contributed by atoms with Crippen LogP contribution in [0.2, 0.25) is 0 Å². The van der Waals surface area contributed by atoms with E-state index in [0.717, 1.165) is 6.42 Å². The lowest BCUT2D eigenvalue weighted by Crippen LogP contribution is -2.46. The van der Waals surface area contributed by atoms with E-state index in [9.17, 15) is 9.59 Å². The Hall–Kier alpha value is -1.06. The molecule has 0 aromatic heterocycles. The fourth-order valence-electron chi connectivity index (χ4n) is 2.94. The zero-order valence-corrected chi connectivity index (χ0v) is 12.6. The molecule has 4 nitrogen and oxygen atoms in total. The van der Waals surface area contributed by atoms with Crippen molar-refractivity contribution >= 4 is 11.9 Å². The van der Waals surface area contributed by atoms with Gasteiger partial charge in [0.2, 0.25) is 5.91 Å². The average Bonchev–Trinajstić information content (AvgIpc) is 2.34. The molecule has 0 aromatic carbocycles. The van der Waals surface area contributed by atoms with Crippen molar-refractivity contribution in [3.8, 4) is 0 Å². The molecule has 1 aliphatic heterocycles. The van der Waals surface area contributed by atoms with E-state index in [0.29, 0.717) is 37.8 Å². The van der Waals surface area contributed by atoms with Gasteiger partial charge < -0.3 is 10.0 Å². The van der Waals surface area contributed by atoms with Crippen LogP contribution in [0, 0.1) is 23.7 Å². The number of carbonyl (C=O) groups is 2. The first-order valence-corrected chi connectivity index (χ1v) is 7.35. The zero-order chi connectivity index (χ0) is 14.6. The summed E-state index contributed by atoms with van der Waals surface area (Å²) < 4.78 is 0. The van der Waals surface area contributed by atoms with Gasteiger partial charge >= 0.3 is 5.97 Å². The van der Waals surface area contributed by atoms with Crippen molar-refractivity contribution < 1.29 is 14.7 Å². The summed E-state index contributed by atoms with van der Waals surface area (Å²) in [6.45, 7) is 9.50. The number of likely N-dealkylation sites (tertiary alicyclic amines) is 1. The first-order valence-electron chi connectivity index (χ1n) is 7.35. The van der Waals surface area contributed by atoms with Crippen molar-refractivity contribution in [2.75, 3.05) is 13.1 Å². The van der Waals surface area contributed by atoms with Gasteiger partial charge in [-0.1, -0.05) is 34.1 Å². The quantitative estimate of drug-likeness (QED) is 0.834. The van der Waals surface area contributed by atoms with Crippen LogP contribution in [0.1, 0.15) is 47.0 Å². The highest BCUT2D eigenvalue weighted by Gasteiger charge is 2.32. The van der Waals surface area contributed by atoms with Crippen molar-refractivity contribution in [2.45, 2.75) is 47.0 Å². The van der Waals surface area contributed by atoms with E-state index in [4.69, 9.17) is 5.11 Å². The third-order valence-corrected chi connectivity index (χ3v) is 4.27. The molecule has 110 valence electrons. The van der Waals surface area contributed by atoms with Crippen LogP contribution < -0.4 is 0 Å². The van der Waals surface area contributed by atoms with Crippen LogP contribution in [0.3, 0.4) is 0 Å². The van der Waals surface area contributed by atoms with Gasteiger partial charge in [0.05, 0.1) is 5.92 Å². The SMILES string of the molecule is CCC(CC(=O)N1CC(C)CC(C(=O)O)C1)C(C)C. The molecule has 19 heavy (non-hydrogen) atoms. The van der Waals surface area contributed by atoms with Crippen LogP contribution in [-0.2, 0) is 9.59 Å². The van der Waals surface area contributed by atoms with E-state index >= 15 is 0 Å². The average molecular weight is 269 g/mol. The summed E-state index contributed by atoms with van der Waals surface area (Å²) in [5, 5.41) is 9.13. The van der Waals surface area contributed by atoms with Crippen molar-refractivity contribution in [3.05, 3.63) is 0 Å². The summed E-state index contributed by atoms with van der Waals surface area (Å²) in [4.78, 5) is 25.2. The third kappa shape index (κ3) is 4.51. The van der Waals surface area contributed by atoms with Crippen LogP contribution in [0.15, 0.2) is 0 Å². The summed E-state index contributed by atoms with van der Waals surface area (Å²) >= 11 is 0. The van der Waals surface area contributed by atoms with E-state index in [1.165, 1.54) is 0 Å². The monoisotopic (exact) mass is 269 g/mol. The highest BCUT2D eigenvalue weighted by atomic mass is 16.4. The molecule has 4 heteroatoms. The summed E-state index contributed by atoms with van der Waals surface area (Å²) in [6, 6.07) is 0. The van der Waals surface area contributed by atoms with Gasteiger partial charge in [-0.05, 0) is 24.2 Å². The molecular formula is C15H27NO3. The minimum absolute atomic E-state index is 0.123. The van der Waals surface area contributed by atoms with Crippen molar-refractivity contribution in [1.29, 1.82) is 0 Å². The van der Waals surface area contributed by atoms with Crippen molar-refractivity contribution in [3.63, 3.8) is 0 Å². The second-order valence-corrected chi connectivity index (χ2v) is 6.29. The van der Waals surface area contributed by atoms with Gasteiger partial charge in [-0.2, -0.15) is 0 Å². The number of carbonyl (C=O) groups excluding carboxylic acids is 1. The Balaban J connectivity index is 2.62. The number of aliphatic carboxylic acids is 1. The molecule has 1 amide bonds. The Kier molecular flexibility index (Phi) is 5.83. The Bertz CT molecular complexity index is 327. The molecular weight excluding hydrogens is 242 g/mol. The fraction of sp³-hybridized carbons (Fsp3) is 0.867. The van der Waals surface area contributed by atoms with Crippen LogP contribution in [0.4, 0.5) is 0 Å². The number of nitrogens with zero attached hydrogens (tertiary/aromatic N) is 1. The lowest BCUT2D eigenvalue weighted by Gasteiger charge is -2.35. The molecule has 3 unspecified atom stereocenters. The molecule has 0 saturated carbocycles. The molecule has 1 heterocycles. The standard InChI is InChI=1S/C15H27NO3/c1-5-12(10(2)3)7-14(17)16-8-11(4)6-13(9-16)15(18)19/h10-13H,5-9H2,1-4H3,(H,18,19). The van der Waals surface area contributed by atoms with Gasteiger partial charge in [0, 0.05) is 19.5 Å². The normalized spacial score (nSPS) is 25.4. The Labute approximate surface area is 116 Å². The largest absolute Gasteiger partial charge is 0.481 e. The molecule has 0 spiro atoms. The molecule has 0 bridgehead atoms. The number of piperidine rings is 1. The second-order valence-electron chi connectivity index (χ2n) is 6.29. The predicted molar refractivity (Wildman–Crippen MR) is 74.7 cm³/mol. The molecule has 1 aliphatic rings. The van der Waals surface area contributed by atoms with E-state index in [-0.39, 0.29) is 11.8 Å². The maximum absolute atomic E-state index is 12.3. The highest BCUT2D eigenvalue weighted by Crippen LogP contribution is 2.25. The number of carboxylic acid groups (broad SMARTS) is 1. The Morgan fingerprint density at radius 3 is 2.42 bits per heavy atom. The van der Waals surface area contributed by atoms with E-state index in [2.05, 4.69) is 20.8 Å². The summed E-state index contributed by atoms with van der Waals surface area (Å²) in [5.41, 5.74) is 0. The molecule has 1 fully saturated rings. The van der Waals surface area contributed by atoms with Crippen LogP contribution in [0.25, 0.3) is 0 Å². The van der Waals surface area contributed by atoms with Crippen molar-refractivity contribution in [2.24, 2.45) is 23.7 Å². The lowest BCUT2D eigenvalue weighted by molar-refractivity contribution is -0.147.